The zero-order valence-electron chi connectivity index (χ0n) is 16.3. The highest BCUT2D eigenvalue weighted by molar-refractivity contribution is 9.10. The fourth-order valence-electron chi connectivity index (χ4n) is 2.68. The minimum Gasteiger partial charge on any atom is -0.324 e. The number of hydrogen-bond donors (Lipinski definition) is 2. The Hall–Kier alpha value is -3.66. The molecule has 3 heterocycles. The fourth-order valence-corrected chi connectivity index (χ4v) is 2.94. The Kier molecular flexibility index (Phi) is 5.75. The molecular formula is C20H18BrN9. The molecule has 2 N–H and O–H groups in total. The topological polar surface area (TPSA) is 106 Å². The number of nitrogens with one attached hydrogen (secondary N) is 2. The van der Waals surface area contributed by atoms with Crippen LogP contribution >= 0.6 is 15.9 Å². The summed E-state index contributed by atoms with van der Waals surface area (Å²) < 4.78 is 2.65. The van der Waals surface area contributed by atoms with Gasteiger partial charge in [0, 0.05) is 33.8 Å². The molecule has 0 atom stereocenters. The molecule has 1 aromatic carbocycles. The van der Waals surface area contributed by atoms with Crippen molar-refractivity contribution in [2.75, 3.05) is 10.7 Å². The van der Waals surface area contributed by atoms with Gasteiger partial charge in [0.25, 0.3) is 5.95 Å². The van der Waals surface area contributed by atoms with Crippen molar-refractivity contribution in [2.24, 2.45) is 5.10 Å². The van der Waals surface area contributed by atoms with E-state index in [0.29, 0.717) is 11.9 Å². The third kappa shape index (κ3) is 4.84. The van der Waals surface area contributed by atoms with Gasteiger partial charge in [-0.05, 0) is 50.2 Å². The highest BCUT2D eigenvalue weighted by Crippen LogP contribution is 2.19. The third-order valence-corrected chi connectivity index (χ3v) is 4.51. The van der Waals surface area contributed by atoms with E-state index in [1.54, 1.807) is 23.3 Å². The molecule has 3 aromatic heterocycles. The third-order valence-electron chi connectivity index (χ3n) is 3.99. The average molecular weight is 464 g/mol. The lowest BCUT2D eigenvalue weighted by molar-refractivity contribution is 0.767. The van der Waals surface area contributed by atoms with Gasteiger partial charge in [-0.3, -0.25) is 4.98 Å². The van der Waals surface area contributed by atoms with E-state index in [0.717, 1.165) is 27.1 Å². The van der Waals surface area contributed by atoms with Crippen LogP contribution in [0.1, 0.15) is 17.0 Å². The molecule has 9 nitrogen and oxygen atoms in total. The van der Waals surface area contributed by atoms with Crippen molar-refractivity contribution < 1.29 is 0 Å². The Morgan fingerprint density at radius 2 is 1.83 bits per heavy atom. The monoisotopic (exact) mass is 463 g/mol. The zero-order valence-corrected chi connectivity index (χ0v) is 17.9. The fraction of sp³-hybridized carbons (Fsp3) is 0.100. The van der Waals surface area contributed by atoms with Crippen LogP contribution in [0, 0.1) is 13.8 Å². The number of anilines is 3. The van der Waals surface area contributed by atoms with E-state index in [4.69, 9.17) is 0 Å². The van der Waals surface area contributed by atoms with Gasteiger partial charge in [0.15, 0.2) is 0 Å². The number of benzene rings is 1. The normalized spacial score (nSPS) is 11.0. The lowest BCUT2D eigenvalue weighted by Gasteiger charge is -2.09. The Morgan fingerprint density at radius 1 is 1.03 bits per heavy atom. The van der Waals surface area contributed by atoms with Gasteiger partial charge >= 0.3 is 0 Å². The van der Waals surface area contributed by atoms with E-state index < -0.39 is 0 Å². The number of nitrogens with zero attached hydrogens (tertiary/aromatic N) is 7. The summed E-state index contributed by atoms with van der Waals surface area (Å²) in [6, 6.07) is 13.4. The van der Waals surface area contributed by atoms with E-state index in [1.165, 1.54) is 0 Å². The van der Waals surface area contributed by atoms with Gasteiger partial charge in [0.1, 0.15) is 0 Å². The van der Waals surface area contributed by atoms with Crippen LogP contribution in [0.25, 0.3) is 5.95 Å². The van der Waals surface area contributed by atoms with Crippen LogP contribution in [0.2, 0.25) is 0 Å². The van der Waals surface area contributed by atoms with Crippen LogP contribution < -0.4 is 10.7 Å². The van der Waals surface area contributed by atoms with Crippen molar-refractivity contribution in [1.29, 1.82) is 0 Å². The first kappa shape index (κ1) is 19.6. The molecule has 150 valence electrons. The van der Waals surface area contributed by atoms with E-state index in [2.05, 4.69) is 56.8 Å². The van der Waals surface area contributed by atoms with Crippen LogP contribution in [0.15, 0.2) is 64.4 Å². The van der Waals surface area contributed by atoms with Crippen LogP contribution in [-0.4, -0.2) is 35.9 Å². The van der Waals surface area contributed by atoms with Crippen molar-refractivity contribution in [3.8, 4) is 5.95 Å². The summed E-state index contributed by atoms with van der Waals surface area (Å²) in [5.74, 6) is 1.04. The second-order valence-electron chi connectivity index (χ2n) is 6.41. The molecule has 0 aliphatic heterocycles. The molecule has 10 heteroatoms. The molecule has 30 heavy (non-hydrogen) atoms. The molecule has 0 saturated heterocycles. The minimum atomic E-state index is 0.285. The molecule has 4 rings (SSSR count). The summed E-state index contributed by atoms with van der Waals surface area (Å²) in [5.41, 5.74) is 6.34. The molecule has 4 aromatic rings. The molecule has 0 aliphatic carbocycles. The van der Waals surface area contributed by atoms with Gasteiger partial charge in [-0.15, -0.1) is 0 Å². The van der Waals surface area contributed by atoms with Gasteiger partial charge in [-0.2, -0.15) is 25.2 Å². The summed E-state index contributed by atoms with van der Waals surface area (Å²) >= 11 is 3.43. The number of pyridine rings is 1. The summed E-state index contributed by atoms with van der Waals surface area (Å²) in [4.78, 5) is 17.4. The minimum absolute atomic E-state index is 0.285. The molecule has 0 radical (unpaired) electrons. The van der Waals surface area contributed by atoms with Crippen LogP contribution in [-0.2, 0) is 0 Å². The number of rotatable bonds is 6. The second-order valence-corrected chi connectivity index (χ2v) is 7.33. The van der Waals surface area contributed by atoms with E-state index in [-0.39, 0.29) is 5.95 Å². The maximum atomic E-state index is 4.52. The molecule has 0 aliphatic rings. The van der Waals surface area contributed by atoms with Gasteiger partial charge in [-0.1, -0.05) is 22.0 Å². The SMILES string of the molecule is Cc1cc(C)n(-c2nc(N/N=C/c3cccnc3)nc(Nc3ccc(Br)cc3)n2)n1. The quantitative estimate of drug-likeness (QED) is 0.328. The Morgan fingerprint density at radius 3 is 2.53 bits per heavy atom. The predicted molar refractivity (Wildman–Crippen MR) is 119 cm³/mol. The molecule has 0 amide bonds. The Labute approximate surface area is 181 Å². The van der Waals surface area contributed by atoms with Gasteiger partial charge in [-0.25, -0.2) is 10.1 Å². The molecule has 0 unspecified atom stereocenters. The Balaban J connectivity index is 1.65. The first-order valence-electron chi connectivity index (χ1n) is 9.08. The lowest BCUT2D eigenvalue weighted by atomic mass is 10.3. The first-order valence-corrected chi connectivity index (χ1v) is 9.87. The molecular weight excluding hydrogens is 446 g/mol. The summed E-state index contributed by atoms with van der Waals surface area (Å²) in [6.07, 6.45) is 5.06. The van der Waals surface area contributed by atoms with E-state index in [9.17, 15) is 0 Å². The zero-order chi connectivity index (χ0) is 20.9. The van der Waals surface area contributed by atoms with Crippen LogP contribution in [0.4, 0.5) is 17.6 Å². The van der Waals surface area contributed by atoms with Gasteiger partial charge in [0.2, 0.25) is 11.9 Å². The van der Waals surface area contributed by atoms with Crippen molar-refractivity contribution in [3.05, 3.63) is 76.3 Å². The first-order chi connectivity index (χ1) is 14.6. The van der Waals surface area contributed by atoms with Crippen molar-refractivity contribution in [3.63, 3.8) is 0 Å². The second kappa shape index (κ2) is 8.78. The summed E-state index contributed by atoms with van der Waals surface area (Å²) in [5, 5.41) is 11.9. The van der Waals surface area contributed by atoms with Crippen molar-refractivity contribution in [1.82, 2.24) is 29.7 Å². The van der Waals surface area contributed by atoms with E-state index >= 15 is 0 Å². The lowest BCUT2D eigenvalue weighted by Crippen LogP contribution is -2.11. The predicted octanol–water partition coefficient (Wildman–Crippen LogP) is 4.02. The number of hydrogen-bond acceptors (Lipinski definition) is 8. The average Bonchev–Trinajstić information content (AvgIpc) is 3.08. The maximum Gasteiger partial charge on any atom is 0.257 e. The standard InChI is InChI=1S/C20H18BrN9/c1-13-10-14(2)30(29-13)20-26-18(24-17-7-5-16(21)6-8-17)25-19(27-20)28-23-12-15-4-3-9-22-11-15/h3-12H,1-2H3,(H2,24,25,26,27,28)/b23-12+. The van der Waals surface area contributed by atoms with Crippen molar-refractivity contribution in [2.45, 2.75) is 13.8 Å². The maximum absolute atomic E-state index is 4.52. The molecule has 0 saturated carbocycles. The van der Waals surface area contributed by atoms with Gasteiger partial charge < -0.3 is 5.32 Å². The Bertz CT molecular complexity index is 1170. The van der Waals surface area contributed by atoms with Gasteiger partial charge in [0.05, 0.1) is 11.9 Å². The number of aryl methyl sites for hydroxylation is 2. The van der Waals surface area contributed by atoms with Crippen LogP contribution in [0.5, 0.6) is 0 Å². The van der Waals surface area contributed by atoms with Crippen molar-refractivity contribution >= 4 is 39.7 Å². The smallest absolute Gasteiger partial charge is 0.257 e. The molecule has 0 fully saturated rings. The summed E-state index contributed by atoms with van der Waals surface area (Å²) in [7, 11) is 0. The highest BCUT2D eigenvalue weighted by Gasteiger charge is 2.12. The van der Waals surface area contributed by atoms with E-state index in [1.807, 2.05) is 56.3 Å². The number of hydrazone groups is 1. The molecule has 0 bridgehead atoms. The molecule has 0 spiro atoms. The number of aromatic nitrogens is 6. The largest absolute Gasteiger partial charge is 0.324 e. The highest BCUT2D eigenvalue weighted by atomic mass is 79.9. The summed E-state index contributed by atoms with van der Waals surface area (Å²) in [6.45, 7) is 3.86. The number of halogens is 1. The van der Waals surface area contributed by atoms with Crippen LogP contribution in [0.3, 0.4) is 0 Å².